The first-order valence-corrected chi connectivity index (χ1v) is 7.18. The number of rotatable bonds is 4. The molecule has 2 N–H and O–H groups in total. The molecule has 0 spiro atoms. The predicted octanol–water partition coefficient (Wildman–Crippen LogP) is 2.08. The summed E-state index contributed by atoms with van der Waals surface area (Å²) in [6.07, 6.45) is -0.468. The molecule has 0 bridgehead atoms. The van der Waals surface area contributed by atoms with Crippen molar-refractivity contribution in [1.29, 1.82) is 0 Å². The van der Waals surface area contributed by atoms with Gasteiger partial charge in [-0.1, -0.05) is 18.2 Å². The van der Waals surface area contributed by atoms with Crippen molar-refractivity contribution in [2.75, 3.05) is 0 Å². The van der Waals surface area contributed by atoms with E-state index in [1.807, 2.05) is 0 Å². The van der Waals surface area contributed by atoms with Crippen LogP contribution in [0.3, 0.4) is 0 Å². The van der Waals surface area contributed by atoms with Crippen molar-refractivity contribution < 1.29 is 23.4 Å². The molecule has 1 aliphatic heterocycles. The summed E-state index contributed by atoms with van der Waals surface area (Å²) in [5, 5.41) is 11.7. The van der Waals surface area contributed by atoms with Gasteiger partial charge in [-0.3, -0.25) is 4.79 Å². The van der Waals surface area contributed by atoms with Crippen molar-refractivity contribution in [3.8, 4) is 5.75 Å². The Bertz CT molecular complexity index is 749. The minimum absolute atomic E-state index is 0.122. The molecular weight excluding hydrogens is 304 g/mol. The lowest BCUT2D eigenvalue weighted by Crippen LogP contribution is -2.37. The van der Waals surface area contributed by atoms with Crippen LogP contribution in [-0.4, -0.2) is 17.1 Å². The van der Waals surface area contributed by atoms with Crippen LogP contribution in [0.5, 0.6) is 5.75 Å². The van der Waals surface area contributed by atoms with Gasteiger partial charge in [0.1, 0.15) is 5.82 Å². The van der Waals surface area contributed by atoms with E-state index in [1.54, 1.807) is 12.1 Å². The summed E-state index contributed by atoms with van der Waals surface area (Å²) in [7, 11) is 0. The molecule has 1 atom stereocenters. The third kappa shape index (κ3) is 3.17. The monoisotopic (exact) mass is 319 g/mol. The van der Waals surface area contributed by atoms with Crippen molar-refractivity contribution >= 4 is 5.91 Å². The molecule has 1 amide bonds. The van der Waals surface area contributed by atoms with Gasteiger partial charge in [0.05, 0.1) is 6.61 Å². The number of benzene rings is 2. The van der Waals surface area contributed by atoms with Crippen molar-refractivity contribution in [2.24, 2.45) is 0 Å². The molecular formula is C17H15F2NO3. The molecule has 1 aliphatic rings. The molecule has 0 aliphatic carbocycles. The van der Waals surface area contributed by atoms with Crippen LogP contribution in [0.25, 0.3) is 0 Å². The summed E-state index contributed by atoms with van der Waals surface area (Å²) in [6, 6.07) is 8.84. The second-order valence-corrected chi connectivity index (χ2v) is 5.34. The topological polar surface area (TPSA) is 58.6 Å². The van der Waals surface area contributed by atoms with Gasteiger partial charge < -0.3 is 15.2 Å². The summed E-state index contributed by atoms with van der Waals surface area (Å²) in [4.78, 5) is 12.1. The SMILES string of the molecule is O=C(NCc1ccc(F)c(CO)c1)C1Cc2cccc(F)c2O1. The van der Waals surface area contributed by atoms with Gasteiger partial charge in [-0.25, -0.2) is 8.78 Å². The van der Waals surface area contributed by atoms with Crippen LogP contribution in [0.4, 0.5) is 8.78 Å². The van der Waals surface area contributed by atoms with Gasteiger partial charge in [0.25, 0.3) is 5.91 Å². The van der Waals surface area contributed by atoms with E-state index in [4.69, 9.17) is 9.84 Å². The second-order valence-electron chi connectivity index (χ2n) is 5.34. The number of amides is 1. The molecule has 6 heteroatoms. The molecule has 2 aromatic carbocycles. The lowest BCUT2D eigenvalue weighted by molar-refractivity contribution is -0.127. The van der Waals surface area contributed by atoms with Crippen molar-refractivity contribution in [1.82, 2.24) is 5.32 Å². The van der Waals surface area contributed by atoms with Crippen LogP contribution in [0, 0.1) is 11.6 Å². The van der Waals surface area contributed by atoms with Gasteiger partial charge >= 0.3 is 0 Å². The average molecular weight is 319 g/mol. The quantitative estimate of drug-likeness (QED) is 0.907. The summed E-state index contributed by atoms with van der Waals surface area (Å²) < 4.78 is 32.2. The molecule has 0 aromatic heterocycles. The van der Waals surface area contributed by atoms with Crippen LogP contribution < -0.4 is 10.1 Å². The largest absolute Gasteiger partial charge is 0.477 e. The third-order valence-electron chi connectivity index (χ3n) is 3.75. The number of hydrogen-bond acceptors (Lipinski definition) is 3. The number of aliphatic hydroxyl groups is 1. The number of hydrogen-bond donors (Lipinski definition) is 2. The predicted molar refractivity (Wildman–Crippen MR) is 78.7 cm³/mol. The second kappa shape index (κ2) is 6.34. The molecule has 0 saturated carbocycles. The molecule has 0 radical (unpaired) electrons. The van der Waals surface area contributed by atoms with Crippen LogP contribution in [0.1, 0.15) is 16.7 Å². The molecule has 2 aromatic rings. The third-order valence-corrected chi connectivity index (χ3v) is 3.75. The van der Waals surface area contributed by atoms with Crippen molar-refractivity contribution in [3.05, 3.63) is 64.7 Å². The number of nitrogens with one attached hydrogen (secondary N) is 1. The Labute approximate surface area is 131 Å². The highest BCUT2D eigenvalue weighted by atomic mass is 19.1. The van der Waals surface area contributed by atoms with E-state index in [-0.39, 0.29) is 23.8 Å². The Morgan fingerprint density at radius 1 is 1.26 bits per heavy atom. The zero-order valence-electron chi connectivity index (χ0n) is 12.2. The lowest BCUT2D eigenvalue weighted by Gasteiger charge is -2.12. The zero-order chi connectivity index (χ0) is 16.4. The van der Waals surface area contributed by atoms with E-state index >= 15 is 0 Å². The number of halogens is 2. The van der Waals surface area contributed by atoms with Crippen LogP contribution in [0.2, 0.25) is 0 Å². The fraction of sp³-hybridized carbons (Fsp3) is 0.235. The number of carbonyl (C=O) groups is 1. The van der Waals surface area contributed by atoms with Gasteiger partial charge in [-0.15, -0.1) is 0 Å². The molecule has 4 nitrogen and oxygen atoms in total. The fourth-order valence-corrected chi connectivity index (χ4v) is 2.54. The van der Waals surface area contributed by atoms with Gasteiger partial charge in [0.2, 0.25) is 0 Å². The Morgan fingerprint density at radius 2 is 2.09 bits per heavy atom. The first-order chi connectivity index (χ1) is 11.1. The molecule has 23 heavy (non-hydrogen) atoms. The Morgan fingerprint density at radius 3 is 2.83 bits per heavy atom. The van der Waals surface area contributed by atoms with Crippen LogP contribution >= 0.6 is 0 Å². The maximum absolute atomic E-state index is 13.6. The molecule has 0 saturated heterocycles. The maximum Gasteiger partial charge on any atom is 0.261 e. The number of aliphatic hydroxyl groups excluding tert-OH is 1. The fourth-order valence-electron chi connectivity index (χ4n) is 2.54. The average Bonchev–Trinajstić information content (AvgIpc) is 2.99. The summed E-state index contributed by atoms with van der Waals surface area (Å²) in [5.41, 5.74) is 1.49. The highest BCUT2D eigenvalue weighted by Gasteiger charge is 2.30. The van der Waals surface area contributed by atoms with E-state index in [2.05, 4.69) is 5.32 Å². The summed E-state index contributed by atoms with van der Waals surface area (Å²) in [5.74, 6) is -1.22. The van der Waals surface area contributed by atoms with Gasteiger partial charge in [0.15, 0.2) is 17.7 Å². The van der Waals surface area contributed by atoms with E-state index in [1.165, 1.54) is 24.3 Å². The van der Waals surface area contributed by atoms with E-state index in [0.29, 0.717) is 17.5 Å². The normalized spacial score (nSPS) is 15.9. The van der Waals surface area contributed by atoms with E-state index in [0.717, 1.165) is 0 Å². The molecule has 0 fully saturated rings. The van der Waals surface area contributed by atoms with Gasteiger partial charge in [0, 0.05) is 24.1 Å². The van der Waals surface area contributed by atoms with Crippen LogP contribution in [-0.2, 0) is 24.4 Å². The minimum atomic E-state index is -0.778. The van der Waals surface area contributed by atoms with Crippen molar-refractivity contribution in [2.45, 2.75) is 25.7 Å². The smallest absolute Gasteiger partial charge is 0.261 e. The van der Waals surface area contributed by atoms with Crippen LogP contribution in [0.15, 0.2) is 36.4 Å². The lowest BCUT2D eigenvalue weighted by atomic mass is 10.1. The van der Waals surface area contributed by atoms with Crippen molar-refractivity contribution in [3.63, 3.8) is 0 Å². The number of para-hydroxylation sites is 1. The molecule has 120 valence electrons. The Balaban J connectivity index is 1.62. The van der Waals surface area contributed by atoms with E-state index in [9.17, 15) is 13.6 Å². The Hall–Kier alpha value is -2.47. The highest BCUT2D eigenvalue weighted by molar-refractivity contribution is 5.82. The Kier molecular flexibility index (Phi) is 4.25. The summed E-state index contributed by atoms with van der Waals surface area (Å²) in [6.45, 7) is -0.237. The van der Waals surface area contributed by atoms with Gasteiger partial charge in [-0.05, 0) is 23.8 Å². The number of ether oxygens (including phenoxy) is 1. The molecule has 3 rings (SSSR count). The first-order valence-electron chi connectivity index (χ1n) is 7.18. The van der Waals surface area contributed by atoms with Gasteiger partial charge in [-0.2, -0.15) is 0 Å². The minimum Gasteiger partial charge on any atom is -0.477 e. The zero-order valence-corrected chi connectivity index (χ0v) is 12.2. The first kappa shape index (κ1) is 15.4. The highest BCUT2D eigenvalue weighted by Crippen LogP contribution is 2.31. The van der Waals surface area contributed by atoms with E-state index < -0.39 is 24.3 Å². The summed E-state index contributed by atoms with van der Waals surface area (Å²) >= 11 is 0. The maximum atomic E-state index is 13.6. The number of carbonyl (C=O) groups excluding carboxylic acids is 1. The number of fused-ring (bicyclic) bond motifs is 1. The standard InChI is InChI=1S/C17H15F2NO3/c18-13-5-4-10(6-12(13)9-21)8-20-17(22)15-7-11-2-1-3-14(19)16(11)23-15/h1-6,15,21H,7-9H2,(H,20,22). The molecule has 1 unspecified atom stereocenters. The molecule has 1 heterocycles.